The predicted octanol–water partition coefficient (Wildman–Crippen LogP) is 1.87. The van der Waals surface area contributed by atoms with Gasteiger partial charge >= 0.3 is 0 Å². The molecule has 2 rings (SSSR count). The lowest BCUT2D eigenvalue weighted by atomic mass is 9.99. The second-order valence-corrected chi connectivity index (χ2v) is 6.76. The first-order chi connectivity index (χ1) is 11.0. The number of nitrogens with one attached hydrogen (secondary N) is 1. The summed E-state index contributed by atoms with van der Waals surface area (Å²) in [6.07, 6.45) is 2.88. The fraction of sp³-hybridized carbons (Fsp3) is 0.667. The lowest BCUT2D eigenvalue weighted by Gasteiger charge is -2.41. The molecule has 1 aromatic rings. The number of hydrogen-bond donors (Lipinski definition) is 1. The Morgan fingerprint density at radius 3 is 2.61 bits per heavy atom. The normalized spacial score (nSPS) is 23.7. The van der Waals surface area contributed by atoms with Gasteiger partial charge < -0.3 is 10.1 Å². The van der Waals surface area contributed by atoms with E-state index >= 15 is 0 Å². The Hall–Kier alpha value is -1.46. The van der Waals surface area contributed by atoms with E-state index in [-0.39, 0.29) is 30.1 Å². The summed E-state index contributed by atoms with van der Waals surface area (Å²) in [4.78, 5) is 19.2. The van der Waals surface area contributed by atoms with Crippen LogP contribution < -0.4 is 5.32 Å². The van der Waals surface area contributed by atoms with Gasteiger partial charge in [0.2, 0.25) is 5.91 Å². The zero-order chi connectivity index (χ0) is 16.8. The van der Waals surface area contributed by atoms with Crippen LogP contribution in [0.4, 0.5) is 0 Å². The average Bonchev–Trinajstić information content (AvgIpc) is 2.47. The van der Waals surface area contributed by atoms with Crippen LogP contribution >= 0.6 is 0 Å². The molecule has 23 heavy (non-hydrogen) atoms. The minimum absolute atomic E-state index is 0.104. The number of amides is 1. The molecule has 0 aromatic carbocycles. The van der Waals surface area contributed by atoms with Gasteiger partial charge in [0.15, 0.2) is 0 Å². The van der Waals surface area contributed by atoms with E-state index in [4.69, 9.17) is 4.74 Å². The lowest BCUT2D eigenvalue weighted by molar-refractivity contribution is -0.135. The number of aromatic nitrogens is 1. The minimum atomic E-state index is -0.104. The van der Waals surface area contributed by atoms with Crippen molar-refractivity contribution in [2.75, 3.05) is 19.6 Å². The number of pyridine rings is 1. The third kappa shape index (κ3) is 5.29. The Morgan fingerprint density at radius 1 is 1.35 bits per heavy atom. The van der Waals surface area contributed by atoms with Gasteiger partial charge in [-0.05, 0) is 31.9 Å². The van der Waals surface area contributed by atoms with Crippen molar-refractivity contribution >= 4 is 5.91 Å². The molecule has 0 saturated carbocycles. The molecule has 0 spiro atoms. The van der Waals surface area contributed by atoms with Crippen LogP contribution in [-0.2, 0) is 16.0 Å². The van der Waals surface area contributed by atoms with Gasteiger partial charge in [0.1, 0.15) is 0 Å². The van der Waals surface area contributed by atoms with E-state index in [1.807, 2.05) is 18.2 Å². The first-order valence-corrected chi connectivity index (χ1v) is 8.54. The van der Waals surface area contributed by atoms with E-state index in [0.717, 1.165) is 25.2 Å². The van der Waals surface area contributed by atoms with E-state index < -0.39 is 0 Å². The summed E-state index contributed by atoms with van der Waals surface area (Å²) in [5.41, 5.74) is 1.00. The SMILES string of the molecule is CC1CN(C(C(=O)NCCc2ccccn2)C(C)C)CC(C)O1. The van der Waals surface area contributed by atoms with Crippen LogP contribution in [0.3, 0.4) is 0 Å². The maximum absolute atomic E-state index is 12.7. The molecule has 1 aliphatic rings. The van der Waals surface area contributed by atoms with E-state index in [1.54, 1.807) is 6.20 Å². The molecule has 0 bridgehead atoms. The molecule has 0 aliphatic carbocycles. The number of nitrogens with zero attached hydrogens (tertiary/aromatic N) is 2. The summed E-state index contributed by atoms with van der Waals surface area (Å²) in [5.74, 6) is 0.375. The summed E-state index contributed by atoms with van der Waals surface area (Å²) in [6.45, 7) is 10.6. The van der Waals surface area contributed by atoms with Crippen molar-refractivity contribution in [3.8, 4) is 0 Å². The van der Waals surface area contributed by atoms with Crippen LogP contribution in [0.1, 0.15) is 33.4 Å². The molecule has 1 aliphatic heterocycles. The second-order valence-electron chi connectivity index (χ2n) is 6.76. The van der Waals surface area contributed by atoms with Crippen LogP contribution in [-0.4, -0.2) is 53.7 Å². The number of carbonyl (C=O) groups is 1. The highest BCUT2D eigenvalue weighted by molar-refractivity contribution is 5.82. The molecule has 1 saturated heterocycles. The largest absolute Gasteiger partial charge is 0.373 e. The second kappa shape index (κ2) is 8.41. The van der Waals surface area contributed by atoms with E-state index in [9.17, 15) is 4.79 Å². The molecule has 1 aromatic heterocycles. The van der Waals surface area contributed by atoms with Crippen LogP contribution in [0, 0.1) is 5.92 Å². The predicted molar refractivity (Wildman–Crippen MR) is 91.2 cm³/mol. The first-order valence-electron chi connectivity index (χ1n) is 8.54. The molecule has 128 valence electrons. The van der Waals surface area contributed by atoms with E-state index in [2.05, 4.69) is 42.9 Å². The van der Waals surface area contributed by atoms with Crippen molar-refractivity contribution in [2.24, 2.45) is 5.92 Å². The molecule has 1 fully saturated rings. The van der Waals surface area contributed by atoms with E-state index in [0.29, 0.717) is 6.54 Å². The Morgan fingerprint density at radius 2 is 2.04 bits per heavy atom. The minimum Gasteiger partial charge on any atom is -0.373 e. The van der Waals surface area contributed by atoms with Gasteiger partial charge in [-0.25, -0.2) is 0 Å². The highest BCUT2D eigenvalue weighted by atomic mass is 16.5. The standard InChI is InChI=1S/C18H29N3O2/c1-13(2)17(21-11-14(3)23-15(4)12-21)18(22)20-10-8-16-7-5-6-9-19-16/h5-7,9,13-15,17H,8,10-12H2,1-4H3,(H,20,22). The molecular weight excluding hydrogens is 290 g/mol. The van der Waals surface area contributed by atoms with E-state index in [1.165, 1.54) is 0 Å². The molecule has 1 amide bonds. The number of morpholine rings is 1. The van der Waals surface area contributed by atoms with Crippen molar-refractivity contribution < 1.29 is 9.53 Å². The van der Waals surface area contributed by atoms with Crippen LogP contribution in [0.2, 0.25) is 0 Å². The molecular formula is C18H29N3O2. The zero-order valence-electron chi connectivity index (χ0n) is 14.7. The van der Waals surface area contributed by atoms with Gasteiger partial charge in [0.25, 0.3) is 0 Å². The van der Waals surface area contributed by atoms with Crippen molar-refractivity contribution in [3.63, 3.8) is 0 Å². The molecule has 3 atom stereocenters. The number of ether oxygens (including phenoxy) is 1. The summed E-state index contributed by atoms with van der Waals surface area (Å²) in [6, 6.07) is 5.75. The maximum atomic E-state index is 12.7. The summed E-state index contributed by atoms with van der Waals surface area (Å²) < 4.78 is 5.78. The Kier molecular flexibility index (Phi) is 6.54. The van der Waals surface area contributed by atoms with Gasteiger partial charge in [-0.3, -0.25) is 14.7 Å². The van der Waals surface area contributed by atoms with Gasteiger partial charge in [-0.15, -0.1) is 0 Å². The first kappa shape index (κ1) is 17.9. The summed E-state index contributed by atoms with van der Waals surface area (Å²) in [7, 11) is 0. The molecule has 3 unspecified atom stereocenters. The number of carbonyl (C=O) groups excluding carboxylic acids is 1. The van der Waals surface area contributed by atoms with Crippen molar-refractivity contribution in [1.82, 2.24) is 15.2 Å². The van der Waals surface area contributed by atoms with Crippen LogP contribution in [0.5, 0.6) is 0 Å². The van der Waals surface area contributed by atoms with Crippen molar-refractivity contribution in [3.05, 3.63) is 30.1 Å². The average molecular weight is 319 g/mol. The fourth-order valence-electron chi connectivity index (χ4n) is 3.30. The lowest BCUT2D eigenvalue weighted by Crippen LogP contribution is -2.57. The fourth-order valence-corrected chi connectivity index (χ4v) is 3.30. The van der Waals surface area contributed by atoms with Crippen LogP contribution in [0.15, 0.2) is 24.4 Å². The smallest absolute Gasteiger partial charge is 0.237 e. The third-order valence-electron chi connectivity index (χ3n) is 4.15. The Labute approximate surface area is 139 Å². The summed E-state index contributed by atoms with van der Waals surface area (Å²) in [5, 5.41) is 3.08. The van der Waals surface area contributed by atoms with Crippen molar-refractivity contribution in [2.45, 2.75) is 52.4 Å². The topological polar surface area (TPSA) is 54.5 Å². The van der Waals surface area contributed by atoms with Gasteiger partial charge in [0.05, 0.1) is 18.2 Å². The monoisotopic (exact) mass is 319 g/mol. The molecule has 0 radical (unpaired) electrons. The van der Waals surface area contributed by atoms with Gasteiger partial charge in [0, 0.05) is 37.9 Å². The highest BCUT2D eigenvalue weighted by Crippen LogP contribution is 2.18. The Balaban J connectivity index is 1.90. The third-order valence-corrected chi connectivity index (χ3v) is 4.15. The Bertz CT molecular complexity index is 482. The van der Waals surface area contributed by atoms with Gasteiger partial charge in [-0.2, -0.15) is 0 Å². The molecule has 5 heteroatoms. The highest BCUT2D eigenvalue weighted by Gasteiger charge is 2.33. The number of rotatable bonds is 6. The quantitative estimate of drug-likeness (QED) is 0.870. The molecule has 5 nitrogen and oxygen atoms in total. The maximum Gasteiger partial charge on any atom is 0.237 e. The number of hydrogen-bond acceptors (Lipinski definition) is 4. The molecule has 2 heterocycles. The van der Waals surface area contributed by atoms with Gasteiger partial charge in [-0.1, -0.05) is 19.9 Å². The van der Waals surface area contributed by atoms with Crippen LogP contribution in [0.25, 0.3) is 0 Å². The molecule has 1 N–H and O–H groups in total. The zero-order valence-corrected chi connectivity index (χ0v) is 14.7. The van der Waals surface area contributed by atoms with Crippen molar-refractivity contribution in [1.29, 1.82) is 0 Å². The summed E-state index contributed by atoms with van der Waals surface area (Å²) >= 11 is 0.